The normalized spacial score (nSPS) is 23.7. The number of carbonyl (C=O) groups excluding carboxylic acids is 1. The zero-order valence-electron chi connectivity index (χ0n) is 16.4. The van der Waals surface area contributed by atoms with Crippen molar-refractivity contribution in [3.8, 4) is 11.3 Å². The molecular formula is C22H28N2O4. The summed E-state index contributed by atoms with van der Waals surface area (Å²) in [5.41, 5.74) is 1.89. The Morgan fingerprint density at radius 2 is 2.00 bits per heavy atom. The molecule has 0 saturated carbocycles. The fourth-order valence-corrected chi connectivity index (χ4v) is 4.15. The lowest BCUT2D eigenvalue weighted by atomic mass is 9.99. The number of carbonyl (C=O) groups is 1. The molecule has 2 saturated heterocycles. The zero-order chi connectivity index (χ0) is 19.4. The Morgan fingerprint density at radius 1 is 1.11 bits per heavy atom. The van der Waals surface area contributed by atoms with E-state index in [1.54, 1.807) is 6.26 Å². The summed E-state index contributed by atoms with van der Waals surface area (Å²) in [5, 5.41) is 0. The summed E-state index contributed by atoms with van der Waals surface area (Å²) in [5.74, 6) is 1.05. The van der Waals surface area contributed by atoms with Gasteiger partial charge in [0, 0.05) is 38.2 Å². The minimum absolute atomic E-state index is 0.161. The molecule has 2 aliphatic rings. The Morgan fingerprint density at radius 3 is 2.82 bits per heavy atom. The van der Waals surface area contributed by atoms with Gasteiger partial charge in [-0.1, -0.05) is 31.2 Å². The number of morpholine rings is 1. The molecule has 1 amide bonds. The summed E-state index contributed by atoms with van der Waals surface area (Å²) in [6, 6.07) is 12.3. The minimum Gasteiger partial charge on any atom is -0.464 e. The third-order valence-corrected chi connectivity index (χ3v) is 5.53. The number of nitrogens with zero attached hydrogens (tertiary/aromatic N) is 2. The maximum atomic E-state index is 12.3. The van der Waals surface area contributed by atoms with Gasteiger partial charge in [0.05, 0.1) is 32.6 Å². The van der Waals surface area contributed by atoms with Gasteiger partial charge in [-0.05, 0) is 17.7 Å². The van der Waals surface area contributed by atoms with Crippen LogP contribution in [0.1, 0.15) is 18.9 Å². The molecular weight excluding hydrogens is 356 g/mol. The number of furan rings is 1. The molecule has 2 aromatic rings. The molecule has 6 nitrogen and oxygen atoms in total. The smallest absolute Gasteiger partial charge is 0.222 e. The fraction of sp³-hybridized carbons (Fsp3) is 0.500. The third-order valence-electron chi connectivity index (χ3n) is 5.53. The summed E-state index contributed by atoms with van der Waals surface area (Å²) in [7, 11) is 0. The largest absolute Gasteiger partial charge is 0.464 e. The van der Waals surface area contributed by atoms with E-state index < -0.39 is 5.60 Å². The van der Waals surface area contributed by atoms with E-state index in [4.69, 9.17) is 13.9 Å². The lowest BCUT2D eigenvalue weighted by Gasteiger charge is -2.43. The lowest BCUT2D eigenvalue weighted by molar-refractivity contribution is -0.152. The van der Waals surface area contributed by atoms with Gasteiger partial charge in [0.2, 0.25) is 5.91 Å². The molecule has 2 fully saturated rings. The Hall–Kier alpha value is -2.15. The van der Waals surface area contributed by atoms with Gasteiger partial charge < -0.3 is 18.8 Å². The molecule has 0 radical (unpaired) electrons. The first-order valence-electron chi connectivity index (χ1n) is 10.0. The fourth-order valence-electron chi connectivity index (χ4n) is 4.15. The molecule has 1 unspecified atom stereocenters. The molecule has 6 heteroatoms. The number of hydrogen-bond acceptors (Lipinski definition) is 5. The van der Waals surface area contributed by atoms with Crippen LogP contribution in [0.2, 0.25) is 0 Å². The predicted octanol–water partition coefficient (Wildman–Crippen LogP) is 2.79. The molecule has 1 aromatic heterocycles. The average Bonchev–Trinajstić information content (AvgIpc) is 3.17. The molecule has 0 aliphatic carbocycles. The van der Waals surface area contributed by atoms with Crippen molar-refractivity contribution in [2.24, 2.45) is 0 Å². The van der Waals surface area contributed by atoms with E-state index in [0.717, 1.165) is 31.0 Å². The van der Waals surface area contributed by atoms with E-state index >= 15 is 0 Å². The van der Waals surface area contributed by atoms with Crippen molar-refractivity contribution in [2.75, 3.05) is 46.0 Å². The summed E-state index contributed by atoms with van der Waals surface area (Å²) < 4.78 is 17.7. The first-order valence-corrected chi connectivity index (χ1v) is 10.0. The molecule has 1 aromatic carbocycles. The van der Waals surface area contributed by atoms with Crippen molar-refractivity contribution >= 4 is 5.91 Å². The van der Waals surface area contributed by atoms with Crippen LogP contribution in [0.5, 0.6) is 0 Å². The number of amides is 1. The van der Waals surface area contributed by atoms with E-state index in [9.17, 15) is 4.79 Å². The average molecular weight is 384 g/mol. The third kappa shape index (κ3) is 4.14. The van der Waals surface area contributed by atoms with Gasteiger partial charge in [0.25, 0.3) is 0 Å². The molecule has 3 heterocycles. The topological polar surface area (TPSA) is 55.2 Å². The van der Waals surface area contributed by atoms with Crippen LogP contribution in [0, 0.1) is 0 Å². The molecule has 4 rings (SSSR count). The second-order valence-corrected chi connectivity index (χ2v) is 7.60. The highest BCUT2D eigenvalue weighted by atomic mass is 16.5. The first-order chi connectivity index (χ1) is 13.7. The molecule has 28 heavy (non-hydrogen) atoms. The van der Waals surface area contributed by atoms with Crippen molar-refractivity contribution in [3.05, 3.63) is 48.2 Å². The molecule has 2 aliphatic heterocycles. The van der Waals surface area contributed by atoms with Gasteiger partial charge in [-0.2, -0.15) is 0 Å². The van der Waals surface area contributed by atoms with Crippen molar-refractivity contribution in [1.29, 1.82) is 0 Å². The Bertz CT molecular complexity index is 792. The minimum atomic E-state index is -0.459. The summed E-state index contributed by atoms with van der Waals surface area (Å²) in [4.78, 5) is 16.6. The molecule has 0 N–H and O–H groups in total. The van der Waals surface area contributed by atoms with E-state index in [0.29, 0.717) is 39.3 Å². The SMILES string of the molecule is CCC(=O)N1CCOCC2(CN(Cc3ccccc3-c3ccco3)CCO2)C1. The van der Waals surface area contributed by atoms with Crippen molar-refractivity contribution < 1.29 is 18.7 Å². The standard InChI is InChI=1S/C22H28N2O4/c1-2-21(25)24-10-12-26-17-22(16-24)15-23(9-13-28-22)14-18-6-3-4-7-19(18)20-8-5-11-27-20/h3-8,11H,2,9-10,12-17H2,1H3. The molecule has 1 atom stereocenters. The Balaban J connectivity index is 1.51. The van der Waals surface area contributed by atoms with E-state index in [-0.39, 0.29) is 5.91 Å². The predicted molar refractivity (Wildman–Crippen MR) is 106 cm³/mol. The van der Waals surface area contributed by atoms with Crippen LogP contribution in [0.3, 0.4) is 0 Å². The van der Waals surface area contributed by atoms with Crippen LogP contribution in [-0.4, -0.2) is 67.3 Å². The van der Waals surface area contributed by atoms with E-state index in [1.165, 1.54) is 5.56 Å². The van der Waals surface area contributed by atoms with Crippen LogP contribution in [-0.2, 0) is 20.8 Å². The van der Waals surface area contributed by atoms with Crippen molar-refractivity contribution in [2.45, 2.75) is 25.5 Å². The molecule has 0 bridgehead atoms. The number of ether oxygens (including phenoxy) is 2. The zero-order valence-corrected chi connectivity index (χ0v) is 16.4. The van der Waals surface area contributed by atoms with Crippen LogP contribution in [0.4, 0.5) is 0 Å². The van der Waals surface area contributed by atoms with Crippen molar-refractivity contribution in [1.82, 2.24) is 9.80 Å². The summed E-state index contributed by atoms with van der Waals surface area (Å²) in [6.07, 6.45) is 2.22. The van der Waals surface area contributed by atoms with Gasteiger partial charge >= 0.3 is 0 Å². The second-order valence-electron chi connectivity index (χ2n) is 7.60. The monoisotopic (exact) mass is 384 g/mol. The van der Waals surface area contributed by atoms with Crippen LogP contribution < -0.4 is 0 Å². The van der Waals surface area contributed by atoms with Gasteiger partial charge in [0.15, 0.2) is 0 Å². The van der Waals surface area contributed by atoms with Gasteiger partial charge in [-0.15, -0.1) is 0 Å². The van der Waals surface area contributed by atoms with Gasteiger partial charge in [0.1, 0.15) is 11.4 Å². The maximum absolute atomic E-state index is 12.3. The molecule has 1 spiro atoms. The van der Waals surface area contributed by atoms with Crippen LogP contribution in [0.15, 0.2) is 47.1 Å². The number of hydrogen-bond donors (Lipinski definition) is 0. The van der Waals surface area contributed by atoms with Crippen LogP contribution in [0.25, 0.3) is 11.3 Å². The quantitative estimate of drug-likeness (QED) is 0.811. The van der Waals surface area contributed by atoms with Gasteiger partial charge in [-0.3, -0.25) is 9.69 Å². The number of benzene rings is 1. The second kappa shape index (κ2) is 8.47. The highest BCUT2D eigenvalue weighted by Gasteiger charge is 2.41. The number of rotatable bonds is 4. The first kappa shape index (κ1) is 19.2. The van der Waals surface area contributed by atoms with Crippen LogP contribution >= 0.6 is 0 Å². The highest BCUT2D eigenvalue weighted by molar-refractivity contribution is 5.76. The Labute approximate surface area is 166 Å². The maximum Gasteiger partial charge on any atom is 0.222 e. The van der Waals surface area contributed by atoms with E-state index in [2.05, 4.69) is 23.1 Å². The highest BCUT2D eigenvalue weighted by Crippen LogP contribution is 2.28. The summed E-state index contributed by atoms with van der Waals surface area (Å²) in [6.45, 7) is 7.28. The van der Waals surface area contributed by atoms with E-state index in [1.807, 2.05) is 30.0 Å². The van der Waals surface area contributed by atoms with Gasteiger partial charge in [-0.25, -0.2) is 0 Å². The summed E-state index contributed by atoms with van der Waals surface area (Å²) >= 11 is 0. The Kier molecular flexibility index (Phi) is 5.80. The molecule has 150 valence electrons. The van der Waals surface area contributed by atoms with Crippen molar-refractivity contribution in [3.63, 3.8) is 0 Å². The lowest BCUT2D eigenvalue weighted by Crippen LogP contribution is -2.59.